The number of benzene rings is 1. The van der Waals surface area contributed by atoms with Gasteiger partial charge in [-0.25, -0.2) is 0 Å². The van der Waals surface area contributed by atoms with Gasteiger partial charge < -0.3 is 56.8 Å². The highest BCUT2D eigenvalue weighted by molar-refractivity contribution is 9.09. The van der Waals surface area contributed by atoms with Crippen LogP contribution in [-0.4, -0.2) is 162 Å². The number of alkyl halides is 1. The van der Waals surface area contributed by atoms with Gasteiger partial charge in [0.15, 0.2) is 0 Å². The Kier molecular flexibility index (Phi) is 32.1. The first-order valence-electron chi connectivity index (χ1n) is 15.5. The molecule has 0 aliphatic rings. The van der Waals surface area contributed by atoms with E-state index in [1.807, 2.05) is 0 Å². The van der Waals surface area contributed by atoms with Crippen LogP contribution in [0.5, 0.6) is 5.75 Å². The first-order chi connectivity index (χ1) is 22.7. The Balaban J connectivity index is 1.65. The summed E-state index contributed by atoms with van der Waals surface area (Å²) in [5.41, 5.74) is 0.0255. The molecule has 0 saturated heterocycles. The highest BCUT2D eigenvalue weighted by Gasteiger charge is 2.04. The minimum atomic E-state index is -0.452. The molecule has 1 aromatic carbocycles. The lowest BCUT2D eigenvalue weighted by Gasteiger charge is -2.09. The van der Waals surface area contributed by atoms with Crippen molar-refractivity contribution in [3.8, 4) is 5.75 Å². The fourth-order valence-corrected chi connectivity index (χ4v) is 3.47. The van der Waals surface area contributed by atoms with Crippen molar-refractivity contribution in [2.24, 2.45) is 0 Å². The predicted molar refractivity (Wildman–Crippen MR) is 171 cm³/mol. The van der Waals surface area contributed by atoms with Gasteiger partial charge in [0, 0.05) is 17.5 Å². The average Bonchev–Trinajstić information content (AvgIpc) is 3.06. The summed E-state index contributed by atoms with van der Waals surface area (Å²) in [6.45, 7) is 11.5. The van der Waals surface area contributed by atoms with Gasteiger partial charge in [-0.05, 0) is 12.1 Å². The molecular formula is C30H52BrNO14. The van der Waals surface area contributed by atoms with Crippen molar-refractivity contribution in [2.75, 3.05) is 157 Å². The molecule has 0 unspecified atom stereocenters. The summed E-state index contributed by atoms with van der Waals surface area (Å²) >= 11 is 3.30. The predicted octanol–water partition coefficient (Wildman–Crippen LogP) is 2.55. The Bertz CT molecular complexity index is 780. The average molecular weight is 731 g/mol. The van der Waals surface area contributed by atoms with Gasteiger partial charge in [-0.3, -0.25) is 10.1 Å². The lowest BCUT2D eigenvalue weighted by atomic mass is 10.3. The van der Waals surface area contributed by atoms with Crippen molar-refractivity contribution in [3.63, 3.8) is 0 Å². The van der Waals surface area contributed by atoms with Crippen molar-refractivity contribution in [2.45, 2.75) is 0 Å². The summed E-state index contributed by atoms with van der Waals surface area (Å²) in [4.78, 5) is 10.2. The number of nitro benzene ring substituents is 1. The van der Waals surface area contributed by atoms with Crippen LogP contribution in [0.4, 0.5) is 5.69 Å². The van der Waals surface area contributed by atoms with Gasteiger partial charge in [0.2, 0.25) is 0 Å². The molecule has 0 atom stereocenters. The molecular weight excluding hydrogens is 678 g/mol. The molecule has 0 aliphatic heterocycles. The van der Waals surface area contributed by atoms with E-state index >= 15 is 0 Å². The van der Waals surface area contributed by atoms with E-state index in [1.165, 1.54) is 12.1 Å². The summed E-state index contributed by atoms with van der Waals surface area (Å²) in [6, 6.07) is 5.91. The molecule has 0 N–H and O–H groups in total. The van der Waals surface area contributed by atoms with Gasteiger partial charge in [-0.15, -0.1) is 0 Å². The molecule has 46 heavy (non-hydrogen) atoms. The minimum Gasteiger partial charge on any atom is -0.491 e. The molecule has 0 aliphatic carbocycles. The van der Waals surface area contributed by atoms with Crippen LogP contribution in [-0.2, 0) is 52.1 Å². The molecule has 0 bridgehead atoms. The SMILES string of the molecule is O=[N+]([O-])c1ccc(OCCOCCOCCOCCOCCOCCOCCOCCOCCOCCOCCOCCBr)cc1. The van der Waals surface area contributed by atoms with E-state index in [2.05, 4.69) is 15.9 Å². The normalized spacial score (nSPS) is 11.3. The van der Waals surface area contributed by atoms with Crippen molar-refractivity contribution in [1.82, 2.24) is 0 Å². The van der Waals surface area contributed by atoms with E-state index < -0.39 is 4.92 Å². The molecule has 0 amide bonds. The van der Waals surface area contributed by atoms with E-state index in [1.54, 1.807) is 12.1 Å². The van der Waals surface area contributed by atoms with Crippen LogP contribution in [0.2, 0.25) is 0 Å². The van der Waals surface area contributed by atoms with Crippen LogP contribution in [0.25, 0.3) is 0 Å². The highest BCUT2D eigenvalue weighted by atomic mass is 79.9. The van der Waals surface area contributed by atoms with Crippen LogP contribution in [0.3, 0.4) is 0 Å². The molecule has 0 saturated carbocycles. The fraction of sp³-hybridized carbons (Fsp3) is 0.800. The van der Waals surface area contributed by atoms with Gasteiger partial charge >= 0.3 is 0 Å². The number of halogens is 1. The third kappa shape index (κ3) is 29.8. The molecule has 1 rings (SSSR count). The van der Waals surface area contributed by atoms with Gasteiger partial charge in [0.25, 0.3) is 5.69 Å². The second-order valence-electron chi connectivity index (χ2n) is 9.02. The second-order valence-corrected chi connectivity index (χ2v) is 9.82. The number of rotatable bonds is 37. The summed E-state index contributed by atoms with van der Waals surface area (Å²) in [5, 5.41) is 11.5. The first kappa shape index (κ1) is 42.5. The van der Waals surface area contributed by atoms with Crippen molar-refractivity contribution in [3.05, 3.63) is 34.4 Å². The number of hydrogen-bond donors (Lipinski definition) is 0. The fourth-order valence-electron chi connectivity index (χ4n) is 3.24. The minimum absolute atomic E-state index is 0.0255. The Morgan fingerprint density at radius 2 is 0.652 bits per heavy atom. The van der Waals surface area contributed by atoms with Crippen LogP contribution in [0, 0.1) is 10.1 Å². The van der Waals surface area contributed by atoms with E-state index in [9.17, 15) is 10.1 Å². The van der Waals surface area contributed by atoms with Crippen LogP contribution >= 0.6 is 15.9 Å². The second kappa shape index (κ2) is 34.8. The molecule has 0 fully saturated rings. The van der Waals surface area contributed by atoms with Crippen LogP contribution in [0.15, 0.2) is 24.3 Å². The van der Waals surface area contributed by atoms with Crippen molar-refractivity contribution < 1.29 is 61.8 Å². The Morgan fingerprint density at radius 3 is 0.891 bits per heavy atom. The van der Waals surface area contributed by atoms with Gasteiger partial charge in [-0.2, -0.15) is 0 Å². The Labute approximate surface area is 280 Å². The quantitative estimate of drug-likeness (QED) is 0.0427. The van der Waals surface area contributed by atoms with E-state index in [0.717, 1.165) is 5.33 Å². The number of ether oxygens (including phenoxy) is 12. The number of hydrogen-bond acceptors (Lipinski definition) is 14. The molecule has 0 heterocycles. The highest BCUT2D eigenvalue weighted by Crippen LogP contribution is 2.17. The number of non-ortho nitro benzene ring substituents is 1. The van der Waals surface area contributed by atoms with E-state index in [4.69, 9.17) is 56.8 Å². The summed E-state index contributed by atoms with van der Waals surface area (Å²) in [5.74, 6) is 0.556. The van der Waals surface area contributed by atoms with Crippen molar-refractivity contribution >= 4 is 21.6 Å². The summed E-state index contributed by atoms with van der Waals surface area (Å²) in [6.07, 6.45) is 0. The maximum absolute atomic E-state index is 10.6. The maximum atomic E-state index is 10.6. The summed E-state index contributed by atoms with van der Waals surface area (Å²) < 4.78 is 65.2. The van der Waals surface area contributed by atoms with Crippen molar-refractivity contribution in [1.29, 1.82) is 0 Å². The van der Waals surface area contributed by atoms with Gasteiger partial charge in [0.05, 0.1) is 150 Å². The molecule has 0 aromatic heterocycles. The Morgan fingerprint density at radius 1 is 0.413 bits per heavy atom. The largest absolute Gasteiger partial charge is 0.491 e. The molecule has 16 heteroatoms. The number of nitrogens with zero attached hydrogens (tertiary/aromatic N) is 1. The smallest absolute Gasteiger partial charge is 0.269 e. The van der Waals surface area contributed by atoms with Crippen LogP contribution in [0.1, 0.15) is 0 Å². The Hall–Kier alpha value is -1.54. The van der Waals surface area contributed by atoms with E-state index in [-0.39, 0.29) is 5.69 Å². The first-order valence-corrected chi connectivity index (χ1v) is 16.6. The topological polar surface area (TPSA) is 154 Å². The zero-order valence-corrected chi connectivity index (χ0v) is 28.4. The monoisotopic (exact) mass is 729 g/mol. The lowest BCUT2D eigenvalue weighted by Crippen LogP contribution is -2.15. The third-order valence-electron chi connectivity index (χ3n) is 5.49. The lowest BCUT2D eigenvalue weighted by molar-refractivity contribution is -0.384. The zero-order chi connectivity index (χ0) is 33.0. The standard InChI is InChI=1S/C30H52BrNO14/c31-5-6-35-7-8-36-9-10-37-11-12-38-13-14-39-15-16-40-17-18-41-19-20-42-21-22-43-23-24-44-25-26-45-27-28-46-30-3-1-29(2-4-30)32(33)34/h1-4H,5-28H2. The summed E-state index contributed by atoms with van der Waals surface area (Å²) in [7, 11) is 0. The molecule has 0 spiro atoms. The van der Waals surface area contributed by atoms with E-state index in [0.29, 0.717) is 158 Å². The third-order valence-corrected chi connectivity index (χ3v) is 5.81. The van der Waals surface area contributed by atoms with Crippen LogP contribution < -0.4 is 4.74 Å². The van der Waals surface area contributed by atoms with Gasteiger partial charge in [0.1, 0.15) is 12.4 Å². The molecule has 0 radical (unpaired) electrons. The zero-order valence-electron chi connectivity index (χ0n) is 26.8. The molecule has 15 nitrogen and oxygen atoms in total. The molecule has 268 valence electrons. The maximum Gasteiger partial charge on any atom is 0.269 e. The molecule has 1 aromatic rings. The van der Waals surface area contributed by atoms with Gasteiger partial charge in [-0.1, -0.05) is 15.9 Å². The number of nitro groups is 1.